The summed E-state index contributed by atoms with van der Waals surface area (Å²) in [4.78, 5) is 25.6. The van der Waals surface area contributed by atoms with Crippen LogP contribution < -0.4 is 0 Å². The zero-order valence-electron chi connectivity index (χ0n) is 14.9. The summed E-state index contributed by atoms with van der Waals surface area (Å²) in [6.45, 7) is 0. The van der Waals surface area contributed by atoms with Gasteiger partial charge >= 0.3 is 0 Å². The van der Waals surface area contributed by atoms with Crippen LogP contribution in [0.2, 0.25) is 0 Å². The molecule has 0 saturated heterocycles. The van der Waals surface area contributed by atoms with Gasteiger partial charge in [0, 0.05) is 45.1 Å². The van der Waals surface area contributed by atoms with E-state index in [0.29, 0.717) is 16.5 Å². The Kier molecular flexibility index (Phi) is 3.77. The van der Waals surface area contributed by atoms with E-state index in [1.54, 1.807) is 6.20 Å². The van der Waals surface area contributed by atoms with Gasteiger partial charge in [-0.05, 0) is 36.4 Å². The first-order valence-electron chi connectivity index (χ1n) is 8.61. The summed E-state index contributed by atoms with van der Waals surface area (Å²) in [5, 5.41) is 11.3. The molecule has 0 aliphatic carbocycles. The molecule has 1 N–H and O–H groups in total. The lowest BCUT2D eigenvalue weighted by atomic mass is 9.95. The molecule has 2 amide bonds. The van der Waals surface area contributed by atoms with Gasteiger partial charge in [0.2, 0.25) is 0 Å². The average molecular weight is 455 g/mol. The number of hydrogen-bond acceptors (Lipinski definition) is 4. The summed E-state index contributed by atoms with van der Waals surface area (Å²) in [5.41, 5.74) is 1.94. The number of halogens is 2. The van der Waals surface area contributed by atoms with Crippen molar-refractivity contribution < 1.29 is 23.6 Å². The number of aryl methyl sites for hydroxylation is 1. The zero-order valence-corrected chi connectivity index (χ0v) is 16.5. The lowest BCUT2D eigenvalue weighted by Gasteiger charge is -2.03. The van der Waals surface area contributed by atoms with Crippen LogP contribution >= 0.6 is 15.9 Å². The predicted octanol–water partition coefficient (Wildman–Crippen LogP) is 4.49. The number of hydroxylamine groups is 2. The minimum Gasteiger partial charge on any atom is -0.464 e. The minimum absolute atomic E-state index is 0.0330. The van der Waals surface area contributed by atoms with Gasteiger partial charge in [0.15, 0.2) is 0 Å². The van der Waals surface area contributed by atoms with Crippen LogP contribution in [-0.4, -0.2) is 26.7 Å². The number of imide groups is 1. The number of nitrogens with zero attached hydrogens (tertiary/aromatic N) is 2. The number of carbonyl (C=O) groups excluding carboxylic acids is 2. The quantitative estimate of drug-likeness (QED) is 0.357. The van der Waals surface area contributed by atoms with Gasteiger partial charge in [-0.1, -0.05) is 15.9 Å². The Hall–Kier alpha value is -3.23. The first kappa shape index (κ1) is 17.8. The van der Waals surface area contributed by atoms with Crippen molar-refractivity contribution in [2.75, 3.05) is 0 Å². The highest BCUT2D eigenvalue weighted by atomic mass is 79.9. The van der Waals surface area contributed by atoms with Crippen molar-refractivity contribution in [1.29, 1.82) is 0 Å². The second-order valence-corrected chi connectivity index (χ2v) is 7.69. The smallest absolute Gasteiger partial charge is 0.286 e. The summed E-state index contributed by atoms with van der Waals surface area (Å²) < 4.78 is 21.9. The van der Waals surface area contributed by atoms with E-state index in [0.717, 1.165) is 15.4 Å². The molecule has 0 atom stereocenters. The van der Waals surface area contributed by atoms with E-state index in [2.05, 4.69) is 15.9 Å². The van der Waals surface area contributed by atoms with Crippen LogP contribution in [0, 0.1) is 5.82 Å². The molecule has 29 heavy (non-hydrogen) atoms. The normalized spacial score (nSPS) is 14.8. The van der Waals surface area contributed by atoms with E-state index in [1.165, 1.54) is 24.5 Å². The second-order valence-electron chi connectivity index (χ2n) is 6.78. The summed E-state index contributed by atoms with van der Waals surface area (Å²) in [7, 11) is 1.82. The van der Waals surface area contributed by atoms with Crippen LogP contribution in [0.3, 0.4) is 0 Å². The maximum atomic E-state index is 13.8. The van der Waals surface area contributed by atoms with Gasteiger partial charge in [0.05, 0.1) is 17.4 Å². The molecule has 2 aromatic heterocycles. The number of amides is 2. The van der Waals surface area contributed by atoms with E-state index >= 15 is 0 Å². The molecule has 0 fully saturated rings. The lowest BCUT2D eigenvalue weighted by molar-refractivity contribution is -0.168. The van der Waals surface area contributed by atoms with Gasteiger partial charge in [-0.25, -0.2) is 4.39 Å². The molecule has 8 heteroatoms. The Morgan fingerprint density at radius 2 is 1.72 bits per heavy atom. The molecule has 3 heterocycles. The molecular weight excluding hydrogens is 443 g/mol. The third-order valence-corrected chi connectivity index (χ3v) is 5.58. The summed E-state index contributed by atoms with van der Waals surface area (Å²) in [6, 6.07) is 9.50. The van der Waals surface area contributed by atoms with Gasteiger partial charge < -0.3 is 8.98 Å². The molecule has 6 nitrogen and oxygen atoms in total. The summed E-state index contributed by atoms with van der Waals surface area (Å²) >= 11 is 3.42. The predicted molar refractivity (Wildman–Crippen MR) is 107 cm³/mol. The van der Waals surface area contributed by atoms with E-state index in [-0.39, 0.29) is 21.8 Å². The maximum absolute atomic E-state index is 13.8. The molecule has 5 rings (SSSR count). The van der Waals surface area contributed by atoms with Crippen LogP contribution in [0.5, 0.6) is 0 Å². The van der Waals surface area contributed by atoms with Crippen molar-refractivity contribution in [2.45, 2.75) is 0 Å². The van der Waals surface area contributed by atoms with Crippen molar-refractivity contribution >= 4 is 60.8 Å². The molecule has 1 aliphatic rings. The first-order chi connectivity index (χ1) is 13.9. The minimum atomic E-state index is -0.885. The molecular formula is C21H12BrFN2O4. The standard InChI is InChI=1S/C21H12BrFN2O4/c1-24-8-14(12-6-10(22)2-4-16(12)24)18-19(21(27)25(28)20(18)26)15-9-29-17-5-3-11(23)7-13(15)17/h2-9,28H,1H3. The fraction of sp³-hybridized carbons (Fsp3) is 0.0476. The average Bonchev–Trinajstić information content (AvgIpc) is 3.30. The van der Waals surface area contributed by atoms with Crippen molar-refractivity contribution in [1.82, 2.24) is 9.63 Å². The Morgan fingerprint density at radius 1 is 1.00 bits per heavy atom. The number of rotatable bonds is 2. The monoisotopic (exact) mass is 454 g/mol. The summed E-state index contributed by atoms with van der Waals surface area (Å²) in [6.07, 6.45) is 3.02. The molecule has 2 aromatic carbocycles. The molecule has 0 bridgehead atoms. The molecule has 1 aliphatic heterocycles. The fourth-order valence-electron chi connectivity index (χ4n) is 3.78. The number of hydrogen-bond donors (Lipinski definition) is 1. The van der Waals surface area contributed by atoms with Gasteiger partial charge in [-0.2, -0.15) is 0 Å². The van der Waals surface area contributed by atoms with Crippen LogP contribution in [-0.2, 0) is 16.6 Å². The van der Waals surface area contributed by atoms with E-state index in [1.807, 2.05) is 29.8 Å². The Balaban J connectivity index is 1.88. The first-order valence-corrected chi connectivity index (χ1v) is 9.40. The topological polar surface area (TPSA) is 75.7 Å². The van der Waals surface area contributed by atoms with Crippen molar-refractivity contribution in [3.63, 3.8) is 0 Å². The molecule has 4 aromatic rings. The molecule has 0 spiro atoms. The maximum Gasteiger partial charge on any atom is 0.286 e. The highest BCUT2D eigenvalue weighted by Crippen LogP contribution is 2.41. The van der Waals surface area contributed by atoms with Gasteiger partial charge in [-0.3, -0.25) is 14.8 Å². The Labute approximate surface area is 171 Å². The fourth-order valence-corrected chi connectivity index (χ4v) is 4.14. The zero-order chi connectivity index (χ0) is 20.4. The highest BCUT2D eigenvalue weighted by Gasteiger charge is 2.41. The SMILES string of the molecule is Cn1cc(C2=C(c3coc4ccc(F)cc34)C(=O)N(O)C2=O)c2cc(Br)ccc21. The number of furan rings is 1. The highest BCUT2D eigenvalue weighted by molar-refractivity contribution is 9.10. The van der Waals surface area contributed by atoms with Gasteiger partial charge in [-0.15, -0.1) is 5.06 Å². The van der Waals surface area contributed by atoms with E-state index < -0.39 is 17.6 Å². The number of carbonyl (C=O) groups is 2. The van der Waals surface area contributed by atoms with Crippen LogP contribution in [0.4, 0.5) is 4.39 Å². The van der Waals surface area contributed by atoms with Crippen molar-refractivity contribution in [3.05, 3.63) is 70.3 Å². The van der Waals surface area contributed by atoms with Crippen molar-refractivity contribution in [2.24, 2.45) is 7.05 Å². The number of aromatic nitrogens is 1. The number of benzene rings is 2. The molecule has 144 valence electrons. The van der Waals surface area contributed by atoms with Gasteiger partial charge in [0.25, 0.3) is 11.8 Å². The lowest BCUT2D eigenvalue weighted by Crippen LogP contribution is -2.27. The van der Waals surface area contributed by atoms with Crippen LogP contribution in [0.15, 0.2) is 57.7 Å². The second kappa shape index (κ2) is 6.13. The van der Waals surface area contributed by atoms with Crippen LogP contribution in [0.25, 0.3) is 33.0 Å². The third kappa shape index (κ3) is 2.49. The Bertz CT molecular complexity index is 1400. The largest absolute Gasteiger partial charge is 0.464 e. The summed E-state index contributed by atoms with van der Waals surface area (Å²) in [5.74, 6) is -2.23. The molecule has 0 saturated carbocycles. The Morgan fingerprint density at radius 3 is 2.48 bits per heavy atom. The number of fused-ring (bicyclic) bond motifs is 2. The van der Waals surface area contributed by atoms with E-state index in [4.69, 9.17) is 4.42 Å². The van der Waals surface area contributed by atoms with E-state index in [9.17, 15) is 19.2 Å². The third-order valence-electron chi connectivity index (χ3n) is 5.09. The molecule has 0 radical (unpaired) electrons. The van der Waals surface area contributed by atoms with Gasteiger partial charge in [0.1, 0.15) is 11.4 Å². The van der Waals surface area contributed by atoms with Crippen LogP contribution in [0.1, 0.15) is 11.1 Å². The van der Waals surface area contributed by atoms with Crippen molar-refractivity contribution in [3.8, 4) is 0 Å². The molecule has 0 unspecified atom stereocenters.